The predicted octanol–water partition coefficient (Wildman–Crippen LogP) is 3.58. The first-order valence-corrected chi connectivity index (χ1v) is 8.88. The molecule has 0 aromatic heterocycles. The van der Waals surface area contributed by atoms with Gasteiger partial charge in [0, 0.05) is 24.3 Å². The van der Waals surface area contributed by atoms with E-state index in [0.29, 0.717) is 24.9 Å². The Labute approximate surface area is 153 Å². The summed E-state index contributed by atoms with van der Waals surface area (Å²) in [6.45, 7) is 4.44. The van der Waals surface area contributed by atoms with Crippen molar-refractivity contribution in [1.29, 1.82) is 0 Å². The largest absolute Gasteiger partial charge is 0.351 e. The fraction of sp³-hybridized carbons (Fsp3) is 0.333. The highest BCUT2D eigenvalue weighted by Gasteiger charge is 2.58. The van der Waals surface area contributed by atoms with Crippen LogP contribution in [0.4, 0.5) is 10.1 Å². The van der Waals surface area contributed by atoms with Gasteiger partial charge in [0.2, 0.25) is 11.8 Å². The van der Waals surface area contributed by atoms with Gasteiger partial charge in [-0.1, -0.05) is 30.3 Å². The molecule has 2 amide bonds. The van der Waals surface area contributed by atoms with Crippen molar-refractivity contribution in [2.45, 2.75) is 33.2 Å². The lowest BCUT2D eigenvalue weighted by atomic mass is 10.0. The summed E-state index contributed by atoms with van der Waals surface area (Å²) in [6.07, 6.45) is 1.05. The number of aryl methyl sites for hydroxylation is 1. The van der Waals surface area contributed by atoms with Gasteiger partial charge < -0.3 is 10.2 Å². The summed E-state index contributed by atoms with van der Waals surface area (Å²) in [5, 5.41) is 2.74. The summed E-state index contributed by atoms with van der Waals surface area (Å²) in [6, 6.07) is 14.0. The molecule has 2 aromatic carbocycles. The summed E-state index contributed by atoms with van der Waals surface area (Å²) in [5.74, 6) is -0.868. The number of carbonyl (C=O) groups is 2. The molecule has 2 aromatic rings. The highest BCUT2D eigenvalue weighted by molar-refractivity contribution is 6.14. The Balaban J connectivity index is 1.73. The van der Waals surface area contributed by atoms with E-state index >= 15 is 0 Å². The van der Waals surface area contributed by atoms with Crippen LogP contribution in [0.2, 0.25) is 0 Å². The standard InChI is InChI=1S/C21H23FN2O2/c1-3-24(17-9-6-7-15(2)13-17)20(26)21(11-12-21)19(25)23-14-16-8-4-5-10-18(16)22/h4-10,13H,3,11-12,14H2,1-2H3,(H,23,25). The van der Waals surface area contributed by atoms with E-state index in [0.717, 1.165) is 11.3 Å². The van der Waals surface area contributed by atoms with E-state index in [2.05, 4.69) is 5.32 Å². The molecule has 1 aliphatic rings. The first-order valence-electron chi connectivity index (χ1n) is 8.88. The van der Waals surface area contributed by atoms with Gasteiger partial charge in [0.25, 0.3) is 0 Å². The van der Waals surface area contributed by atoms with Crippen molar-refractivity contribution in [3.63, 3.8) is 0 Å². The van der Waals surface area contributed by atoms with Gasteiger partial charge in [-0.15, -0.1) is 0 Å². The lowest BCUT2D eigenvalue weighted by Crippen LogP contribution is -2.45. The first-order chi connectivity index (χ1) is 12.5. The molecule has 1 N–H and O–H groups in total. The molecule has 0 spiro atoms. The zero-order valence-corrected chi connectivity index (χ0v) is 15.1. The van der Waals surface area contributed by atoms with Crippen LogP contribution in [0.3, 0.4) is 0 Å². The van der Waals surface area contributed by atoms with Gasteiger partial charge in [-0.3, -0.25) is 9.59 Å². The molecule has 0 aliphatic heterocycles. The summed E-state index contributed by atoms with van der Waals surface area (Å²) < 4.78 is 13.7. The van der Waals surface area contributed by atoms with Crippen LogP contribution in [0.1, 0.15) is 30.9 Å². The second-order valence-electron chi connectivity index (χ2n) is 6.74. The Kier molecular flexibility index (Phi) is 5.07. The van der Waals surface area contributed by atoms with Gasteiger partial charge >= 0.3 is 0 Å². The number of anilines is 1. The predicted molar refractivity (Wildman–Crippen MR) is 99.1 cm³/mol. The number of carbonyl (C=O) groups excluding carboxylic acids is 2. The number of nitrogens with zero attached hydrogens (tertiary/aromatic N) is 1. The maximum Gasteiger partial charge on any atom is 0.242 e. The summed E-state index contributed by atoms with van der Waals surface area (Å²) in [7, 11) is 0. The minimum absolute atomic E-state index is 0.0805. The maximum atomic E-state index is 13.7. The molecule has 0 heterocycles. The summed E-state index contributed by atoms with van der Waals surface area (Å²) in [4.78, 5) is 27.4. The molecule has 26 heavy (non-hydrogen) atoms. The Morgan fingerprint density at radius 3 is 2.50 bits per heavy atom. The zero-order chi connectivity index (χ0) is 18.7. The third-order valence-corrected chi connectivity index (χ3v) is 4.87. The number of amides is 2. The van der Waals surface area contributed by atoms with E-state index in [1.165, 1.54) is 6.07 Å². The van der Waals surface area contributed by atoms with E-state index < -0.39 is 5.41 Å². The maximum absolute atomic E-state index is 13.7. The molecule has 1 aliphatic carbocycles. The van der Waals surface area contributed by atoms with Crippen LogP contribution in [0.25, 0.3) is 0 Å². The molecular weight excluding hydrogens is 331 g/mol. The van der Waals surface area contributed by atoms with Crippen LogP contribution in [-0.4, -0.2) is 18.4 Å². The molecule has 0 atom stereocenters. The number of halogens is 1. The quantitative estimate of drug-likeness (QED) is 0.806. The van der Waals surface area contributed by atoms with Crippen LogP contribution in [-0.2, 0) is 16.1 Å². The molecule has 4 nitrogen and oxygen atoms in total. The molecule has 0 bridgehead atoms. The van der Waals surface area contributed by atoms with Crippen molar-refractivity contribution in [3.8, 4) is 0 Å². The second kappa shape index (κ2) is 7.28. The van der Waals surface area contributed by atoms with Gasteiger partial charge in [0.15, 0.2) is 0 Å². The Hall–Kier alpha value is -2.69. The van der Waals surface area contributed by atoms with E-state index in [-0.39, 0.29) is 24.2 Å². The van der Waals surface area contributed by atoms with Crippen molar-refractivity contribution in [2.75, 3.05) is 11.4 Å². The van der Waals surface area contributed by atoms with E-state index in [1.54, 1.807) is 23.1 Å². The highest BCUT2D eigenvalue weighted by atomic mass is 19.1. The fourth-order valence-electron chi connectivity index (χ4n) is 3.15. The van der Waals surface area contributed by atoms with Crippen molar-refractivity contribution in [1.82, 2.24) is 5.32 Å². The van der Waals surface area contributed by atoms with Crippen molar-refractivity contribution >= 4 is 17.5 Å². The van der Waals surface area contributed by atoms with Crippen LogP contribution < -0.4 is 10.2 Å². The third-order valence-electron chi connectivity index (χ3n) is 4.87. The van der Waals surface area contributed by atoms with Crippen molar-refractivity contribution < 1.29 is 14.0 Å². The summed E-state index contributed by atoms with van der Waals surface area (Å²) >= 11 is 0. The van der Waals surface area contributed by atoms with Gasteiger partial charge in [-0.25, -0.2) is 4.39 Å². The number of hydrogen-bond acceptors (Lipinski definition) is 2. The molecule has 0 radical (unpaired) electrons. The summed E-state index contributed by atoms with van der Waals surface area (Å²) in [5.41, 5.74) is 1.24. The molecule has 3 rings (SSSR count). The molecular formula is C21H23FN2O2. The Morgan fingerprint density at radius 1 is 1.15 bits per heavy atom. The van der Waals surface area contributed by atoms with Crippen LogP contribution in [0.15, 0.2) is 48.5 Å². The van der Waals surface area contributed by atoms with E-state index in [1.807, 2.05) is 38.1 Å². The SMILES string of the molecule is CCN(C(=O)C1(C(=O)NCc2ccccc2F)CC1)c1cccc(C)c1. The van der Waals surface area contributed by atoms with Crippen LogP contribution in [0, 0.1) is 18.2 Å². The molecule has 136 valence electrons. The van der Waals surface area contributed by atoms with Crippen LogP contribution in [0.5, 0.6) is 0 Å². The van der Waals surface area contributed by atoms with E-state index in [9.17, 15) is 14.0 Å². The normalized spacial score (nSPS) is 14.6. The van der Waals surface area contributed by atoms with Gasteiger partial charge in [0.1, 0.15) is 11.2 Å². The number of rotatable bonds is 6. The fourth-order valence-corrected chi connectivity index (χ4v) is 3.15. The number of nitrogens with one attached hydrogen (secondary N) is 1. The molecule has 1 saturated carbocycles. The average molecular weight is 354 g/mol. The smallest absolute Gasteiger partial charge is 0.242 e. The first kappa shape index (κ1) is 18.1. The zero-order valence-electron chi connectivity index (χ0n) is 15.1. The van der Waals surface area contributed by atoms with Crippen LogP contribution >= 0.6 is 0 Å². The van der Waals surface area contributed by atoms with Crippen molar-refractivity contribution in [2.24, 2.45) is 5.41 Å². The molecule has 0 unspecified atom stereocenters. The average Bonchev–Trinajstić information content (AvgIpc) is 3.43. The highest BCUT2D eigenvalue weighted by Crippen LogP contribution is 2.48. The van der Waals surface area contributed by atoms with Gasteiger partial charge in [-0.05, 0) is 50.5 Å². The lowest BCUT2D eigenvalue weighted by Gasteiger charge is -2.26. The lowest BCUT2D eigenvalue weighted by molar-refractivity contribution is -0.135. The van der Waals surface area contributed by atoms with Gasteiger partial charge in [0.05, 0.1) is 0 Å². The second-order valence-corrected chi connectivity index (χ2v) is 6.74. The Morgan fingerprint density at radius 2 is 1.88 bits per heavy atom. The minimum atomic E-state index is -1.02. The molecule has 5 heteroatoms. The Bertz CT molecular complexity index is 830. The molecule has 1 fully saturated rings. The third kappa shape index (κ3) is 3.47. The van der Waals surface area contributed by atoms with Gasteiger partial charge in [-0.2, -0.15) is 0 Å². The number of benzene rings is 2. The van der Waals surface area contributed by atoms with Crippen molar-refractivity contribution in [3.05, 3.63) is 65.5 Å². The monoisotopic (exact) mass is 354 g/mol. The minimum Gasteiger partial charge on any atom is -0.351 e. The molecule has 0 saturated heterocycles. The number of hydrogen-bond donors (Lipinski definition) is 1. The topological polar surface area (TPSA) is 49.4 Å². The van der Waals surface area contributed by atoms with E-state index in [4.69, 9.17) is 0 Å².